The number of rotatable bonds is 4. The first-order valence-corrected chi connectivity index (χ1v) is 11.3. The molecule has 0 aromatic heterocycles. The number of quaternary nitrogens is 1. The summed E-state index contributed by atoms with van der Waals surface area (Å²) in [5.74, 6) is -0.225. The largest absolute Gasteiger partial charge is 0.360 e. The molecule has 0 radical (unpaired) electrons. The zero-order valence-corrected chi connectivity index (χ0v) is 16.9. The number of anilines is 1. The third kappa shape index (κ3) is 4.50. The van der Waals surface area contributed by atoms with Crippen molar-refractivity contribution in [1.82, 2.24) is 5.32 Å². The van der Waals surface area contributed by atoms with Crippen molar-refractivity contribution in [2.24, 2.45) is 0 Å². The SMILES string of the molecule is Cc1cccc(N2CC[NH+](CC(=O)N[C@H]3CS(=O)(=O)C[C@H]3Cl)CC2)c1C. The molecule has 0 spiro atoms. The number of nitrogens with one attached hydrogen (secondary N) is 2. The molecule has 0 bridgehead atoms. The summed E-state index contributed by atoms with van der Waals surface area (Å²) in [6.07, 6.45) is 0. The molecule has 144 valence electrons. The van der Waals surface area contributed by atoms with Crippen LogP contribution in [0.25, 0.3) is 0 Å². The summed E-state index contributed by atoms with van der Waals surface area (Å²) in [6.45, 7) is 8.21. The average molecular weight is 401 g/mol. The maximum atomic E-state index is 12.3. The van der Waals surface area contributed by atoms with E-state index >= 15 is 0 Å². The van der Waals surface area contributed by atoms with Gasteiger partial charge in [-0.1, -0.05) is 12.1 Å². The smallest absolute Gasteiger partial charge is 0.275 e. The number of benzene rings is 1. The van der Waals surface area contributed by atoms with Gasteiger partial charge >= 0.3 is 0 Å². The molecule has 2 heterocycles. The van der Waals surface area contributed by atoms with Gasteiger partial charge in [0.1, 0.15) is 0 Å². The normalized spacial score (nSPS) is 26.0. The van der Waals surface area contributed by atoms with Crippen LogP contribution in [0.2, 0.25) is 0 Å². The highest BCUT2D eigenvalue weighted by Gasteiger charge is 2.37. The molecule has 26 heavy (non-hydrogen) atoms. The van der Waals surface area contributed by atoms with Crippen LogP contribution in [0.3, 0.4) is 0 Å². The maximum Gasteiger partial charge on any atom is 0.275 e. The van der Waals surface area contributed by atoms with Crippen LogP contribution in [0.15, 0.2) is 18.2 Å². The predicted octanol–water partition coefficient (Wildman–Crippen LogP) is -0.471. The van der Waals surface area contributed by atoms with Crippen LogP contribution in [-0.2, 0) is 14.6 Å². The molecular formula is C18H27ClN3O3S+. The van der Waals surface area contributed by atoms with Crippen molar-refractivity contribution in [3.05, 3.63) is 29.3 Å². The molecule has 1 aromatic carbocycles. The van der Waals surface area contributed by atoms with Crippen LogP contribution < -0.4 is 15.1 Å². The monoisotopic (exact) mass is 400 g/mol. The highest BCUT2D eigenvalue weighted by atomic mass is 35.5. The fourth-order valence-corrected chi connectivity index (χ4v) is 6.29. The Morgan fingerprint density at radius 1 is 1.27 bits per heavy atom. The Morgan fingerprint density at radius 2 is 1.96 bits per heavy atom. The lowest BCUT2D eigenvalue weighted by Gasteiger charge is -2.34. The number of piperazine rings is 1. The molecule has 0 unspecified atom stereocenters. The first-order valence-electron chi connectivity index (χ1n) is 9.04. The summed E-state index contributed by atoms with van der Waals surface area (Å²) in [5.41, 5.74) is 3.87. The molecule has 0 saturated carbocycles. The molecule has 1 amide bonds. The Morgan fingerprint density at radius 3 is 2.58 bits per heavy atom. The second-order valence-corrected chi connectivity index (χ2v) is 10.1. The van der Waals surface area contributed by atoms with Gasteiger partial charge in [-0.25, -0.2) is 8.42 Å². The number of aryl methyl sites for hydroxylation is 1. The van der Waals surface area contributed by atoms with E-state index in [1.807, 2.05) is 0 Å². The summed E-state index contributed by atoms with van der Waals surface area (Å²) >= 11 is 6.06. The molecule has 6 nitrogen and oxygen atoms in total. The van der Waals surface area contributed by atoms with E-state index in [-0.39, 0.29) is 17.4 Å². The van der Waals surface area contributed by atoms with Gasteiger partial charge in [-0.15, -0.1) is 11.6 Å². The molecule has 2 saturated heterocycles. The summed E-state index contributed by atoms with van der Waals surface area (Å²) in [6, 6.07) is 5.90. The average Bonchev–Trinajstić information content (AvgIpc) is 2.82. The lowest BCUT2D eigenvalue weighted by Crippen LogP contribution is -3.16. The van der Waals surface area contributed by atoms with Gasteiger partial charge in [0.25, 0.3) is 5.91 Å². The van der Waals surface area contributed by atoms with Gasteiger partial charge in [0, 0.05) is 5.69 Å². The fourth-order valence-electron chi connectivity index (χ4n) is 3.74. The zero-order valence-electron chi connectivity index (χ0n) is 15.3. The van der Waals surface area contributed by atoms with E-state index in [1.165, 1.54) is 21.7 Å². The number of carbonyl (C=O) groups excluding carboxylic acids is 1. The van der Waals surface area contributed by atoms with E-state index < -0.39 is 21.3 Å². The Bertz CT molecular complexity index is 776. The molecule has 2 N–H and O–H groups in total. The van der Waals surface area contributed by atoms with Crippen molar-refractivity contribution in [3.63, 3.8) is 0 Å². The van der Waals surface area contributed by atoms with Crippen LogP contribution >= 0.6 is 11.6 Å². The first kappa shape index (κ1) is 19.5. The van der Waals surface area contributed by atoms with Crippen molar-refractivity contribution in [3.8, 4) is 0 Å². The number of amides is 1. The summed E-state index contributed by atoms with van der Waals surface area (Å²) in [5, 5.41) is 2.28. The minimum absolute atomic E-state index is 0.0529. The van der Waals surface area contributed by atoms with E-state index in [0.717, 1.165) is 26.2 Å². The van der Waals surface area contributed by atoms with Crippen LogP contribution in [0.5, 0.6) is 0 Å². The Labute approximate surface area is 160 Å². The summed E-state index contributed by atoms with van der Waals surface area (Å²) in [4.78, 5) is 15.9. The van der Waals surface area contributed by atoms with Gasteiger partial charge in [0.2, 0.25) is 0 Å². The first-order chi connectivity index (χ1) is 12.2. The van der Waals surface area contributed by atoms with Crippen molar-refractivity contribution in [2.75, 3.05) is 49.1 Å². The predicted molar refractivity (Wildman–Crippen MR) is 104 cm³/mol. The van der Waals surface area contributed by atoms with Crippen molar-refractivity contribution < 1.29 is 18.1 Å². The standard InChI is InChI=1S/C18H26ClN3O3S/c1-13-4-3-5-17(14(13)2)22-8-6-21(7-9-22)10-18(23)20-16-12-26(24,25)11-15(16)19/h3-5,15-16H,6-12H2,1-2H3,(H,20,23)/p+1/t15-,16+/m1/s1. The molecular weight excluding hydrogens is 374 g/mol. The van der Waals surface area contributed by atoms with Crippen molar-refractivity contribution >= 4 is 33.0 Å². The number of sulfone groups is 1. The topological polar surface area (TPSA) is 70.9 Å². The van der Waals surface area contributed by atoms with E-state index in [4.69, 9.17) is 11.6 Å². The quantitative estimate of drug-likeness (QED) is 0.670. The molecule has 1 aromatic rings. The van der Waals surface area contributed by atoms with Gasteiger partial charge in [0.15, 0.2) is 16.4 Å². The van der Waals surface area contributed by atoms with Gasteiger partial charge in [-0.05, 0) is 31.0 Å². The number of nitrogens with zero attached hydrogens (tertiary/aromatic N) is 1. The van der Waals surface area contributed by atoms with E-state index in [1.54, 1.807) is 0 Å². The third-order valence-corrected chi connectivity index (χ3v) is 7.80. The number of hydrogen-bond donors (Lipinski definition) is 2. The highest BCUT2D eigenvalue weighted by Crippen LogP contribution is 2.22. The Kier molecular flexibility index (Phi) is 5.79. The maximum absolute atomic E-state index is 12.3. The fraction of sp³-hybridized carbons (Fsp3) is 0.611. The number of hydrogen-bond acceptors (Lipinski definition) is 4. The molecule has 2 aliphatic heterocycles. The zero-order chi connectivity index (χ0) is 18.9. The second kappa shape index (κ2) is 7.74. The van der Waals surface area contributed by atoms with Gasteiger partial charge in [-0.3, -0.25) is 4.79 Å². The van der Waals surface area contributed by atoms with E-state index in [0.29, 0.717) is 6.54 Å². The molecule has 8 heteroatoms. The van der Waals surface area contributed by atoms with Gasteiger partial charge in [0.05, 0.1) is 49.1 Å². The number of alkyl halides is 1. The lowest BCUT2D eigenvalue weighted by molar-refractivity contribution is -0.892. The molecule has 3 rings (SSSR count). The van der Waals surface area contributed by atoms with Crippen LogP contribution in [-0.4, -0.2) is 70.0 Å². The minimum atomic E-state index is -3.13. The van der Waals surface area contributed by atoms with Gasteiger partial charge < -0.3 is 15.1 Å². The van der Waals surface area contributed by atoms with E-state index in [9.17, 15) is 13.2 Å². The summed E-state index contributed by atoms with van der Waals surface area (Å²) < 4.78 is 23.2. The van der Waals surface area contributed by atoms with Crippen LogP contribution in [0.4, 0.5) is 5.69 Å². The Hall–Kier alpha value is -1.31. The molecule has 2 atom stereocenters. The highest BCUT2D eigenvalue weighted by molar-refractivity contribution is 7.91. The molecule has 0 aliphatic carbocycles. The number of carbonyl (C=O) groups is 1. The second-order valence-electron chi connectivity index (χ2n) is 7.40. The van der Waals surface area contributed by atoms with E-state index in [2.05, 4.69) is 42.3 Å². The molecule has 2 aliphatic rings. The van der Waals surface area contributed by atoms with Crippen LogP contribution in [0, 0.1) is 13.8 Å². The number of halogens is 1. The third-order valence-electron chi connectivity index (χ3n) is 5.43. The van der Waals surface area contributed by atoms with Crippen molar-refractivity contribution in [2.45, 2.75) is 25.3 Å². The lowest BCUT2D eigenvalue weighted by atomic mass is 10.1. The minimum Gasteiger partial charge on any atom is -0.360 e. The molecule has 2 fully saturated rings. The van der Waals surface area contributed by atoms with Crippen LogP contribution in [0.1, 0.15) is 11.1 Å². The van der Waals surface area contributed by atoms with Crippen molar-refractivity contribution in [1.29, 1.82) is 0 Å². The van der Waals surface area contributed by atoms with Gasteiger partial charge in [-0.2, -0.15) is 0 Å². The Balaban J connectivity index is 1.49. The summed E-state index contributed by atoms with van der Waals surface area (Å²) in [7, 11) is -3.13.